The number of aliphatic imine (C=N–C) groups is 1. The van der Waals surface area contributed by atoms with Crippen molar-refractivity contribution in [2.45, 2.75) is 25.9 Å². The number of nitrogens with two attached hydrogens (primary N) is 1. The molecular formula is C11H13F3N2. The van der Waals surface area contributed by atoms with Gasteiger partial charge in [-0.05, 0) is 30.7 Å². The van der Waals surface area contributed by atoms with E-state index in [4.69, 9.17) is 5.73 Å². The lowest BCUT2D eigenvalue weighted by Crippen LogP contribution is -2.10. The number of hydrogen-bond acceptors (Lipinski definition) is 1. The van der Waals surface area contributed by atoms with Crippen molar-refractivity contribution in [2.24, 2.45) is 10.7 Å². The Morgan fingerprint density at radius 3 is 2.25 bits per heavy atom. The molecule has 0 radical (unpaired) electrons. The van der Waals surface area contributed by atoms with Crippen LogP contribution in [-0.4, -0.2) is 5.84 Å². The van der Waals surface area contributed by atoms with Gasteiger partial charge in [0.2, 0.25) is 0 Å². The molecular weight excluding hydrogens is 217 g/mol. The Balaban J connectivity index is 2.83. The first kappa shape index (κ1) is 12.5. The van der Waals surface area contributed by atoms with Crippen LogP contribution in [0, 0.1) is 0 Å². The van der Waals surface area contributed by atoms with E-state index in [0.717, 1.165) is 18.6 Å². The van der Waals surface area contributed by atoms with Crippen molar-refractivity contribution in [3.63, 3.8) is 0 Å². The fourth-order valence-corrected chi connectivity index (χ4v) is 1.20. The SMILES string of the molecule is CCCC(N)=Nc1ccc(C(F)(F)F)cc1. The summed E-state index contributed by atoms with van der Waals surface area (Å²) in [5.74, 6) is 0.433. The highest BCUT2D eigenvalue weighted by Gasteiger charge is 2.29. The fourth-order valence-electron chi connectivity index (χ4n) is 1.20. The van der Waals surface area contributed by atoms with E-state index in [1.54, 1.807) is 0 Å². The maximum absolute atomic E-state index is 12.2. The molecule has 16 heavy (non-hydrogen) atoms. The predicted molar refractivity (Wildman–Crippen MR) is 57.6 cm³/mol. The van der Waals surface area contributed by atoms with E-state index in [1.807, 2.05) is 6.92 Å². The molecule has 2 N–H and O–H groups in total. The van der Waals surface area contributed by atoms with Crippen molar-refractivity contribution in [1.29, 1.82) is 0 Å². The highest BCUT2D eigenvalue weighted by Crippen LogP contribution is 2.30. The zero-order chi connectivity index (χ0) is 12.2. The molecule has 2 nitrogen and oxygen atoms in total. The van der Waals surface area contributed by atoms with Crippen LogP contribution in [0.25, 0.3) is 0 Å². The van der Waals surface area contributed by atoms with Gasteiger partial charge in [0.1, 0.15) is 0 Å². The van der Waals surface area contributed by atoms with Gasteiger partial charge in [-0.15, -0.1) is 0 Å². The summed E-state index contributed by atoms with van der Waals surface area (Å²) in [4.78, 5) is 4.00. The highest BCUT2D eigenvalue weighted by molar-refractivity contribution is 5.82. The molecule has 0 saturated carbocycles. The van der Waals surface area contributed by atoms with Crippen molar-refractivity contribution in [1.82, 2.24) is 0 Å². The minimum absolute atomic E-state index is 0.433. The summed E-state index contributed by atoms with van der Waals surface area (Å²) in [7, 11) is 0. The molecule has 0 unspecified atom stereocenters. The molecule has 0 atom stereocenters. The molecule has 0 spiro atoms. The summed E-state index contributed by atoms with van der Waals surface area (Å²) in [6, 6.07) is 4.62. The van der Waals surface area contributed by atoms with Crippen molar-refractivity contribution >= 4 is 11.5 Å². The van der Waals surface area contributed by atoms with Crippen LogP contribution in [0.15, 0.2) is 29.3 Å². The number of amidine groups is 1. The minimum atomic E-state index is -4.31. The molecule has 88 valence electrons. The topological polar surface area (TPSA) is 38.4 Å². The average molecular weight is 230 g/mol. The van der Waals surface area contributed by atoms with Crippen LogP contribution < -0.4 is 5.73 Å². The average Bonchev–Trinajstić information content (AvgIpc) is 2.17. The Kier molecular flexibility index (Phi) is 3.93. The van der Waals surface area contributed by atoms with E-state index in [9.17, 15) is 13.2 Å². The van der Waals surface area contributed by atoms with Crippen LogP contribution in [-0.2, 0) is 6.18 Å². The molecule has 0 amide bonds. The van der Waals surface area contributed by atoms with E-state index >= 15 is 0 Å². The maximum Gasteiger partial charge on any atom is 0.416 e. The maximum atomic E-state index is 12.2. The van der Waals surface area contributed by atoms with Crippen LogP contribution in [0.2, 0.25) is 0 Å². The summed E-state index contributed by atoms with van der Waals surface area (Å²) < 4.78 is 36.7. The molecule has 1 rings (SSSR count). The first-order valence-corrected chi connectivity index (χ1v) is 4.93. The number of alkyl halides is 3. The number of nitrogens with zero attached hydrogens (tertiary/aromatic N) is 1. The van der Waals surface area contributed by atoms with E-state index < -0.39 is 11.7 Å². The van der Waals surface area contributed by atoms with Crippen molar-refractivity contribution in [2.75, 3.05) is 0 Å². The van der Waals surface area contributed by atoms with Gasteiger partial charge in [0.25, 0.3) is 0 Å². The largest absolute Gasteiger partial charge is 0.416 e. The minimum Gasteiger partial charge on any atom is -0.387 e. The van der Waals surface area contributed by atoms with Gasteiger partial charge >= 0.3 is 6.18 Å². The summed E-state index contributed by atoms with van der Waals surface area (Å²) in [5, 5.41) is 0. The molecule has 0 fully saturated rings. The molecule has 0 aliphatic heterocycles. The smallest absolute Gasteiger partial charge is 0.387 e. The molecule has 0 saturated heterocycles. The summed E-state index contributed by atoms with van der Waals surface area (Å²) in [5.41, 5.74) is 5.33. The number of benzene rings is 1. The zero-order valence-corrected chi connectivity index (χ0v) is 8.88. The van der Waals surface area contributed by atoms with Crippen molar-refractivity contribution < 1.29 is 13.2 Å². The third kappa shape index (κ3) is 3.56. The van der Waals surface area contributed by atoms with Crippen molar-refractivity contribution in [3.05, 3.63) is 29.8 Å². The van der Waals surface area contributed by atoms with Crippen LogP contribution in [0.4, 0.5) is 18.9 Å². The molecule has 0 aliphatic rings. The van der Waals surface area contributed by atoms with Gasteiger partial charge in [0.15, 0.2) is 0 Å². The van der Waals surface area contributed by atoms with Gasteiger partial charge in [-0.2, -0.15) is 13.2 Å². The zero-order valence-electron chi connectivity index (χ0n) is 8.88. The summed E-state index contributed by atoms with van der Waals surface area (Å²) in [6.07, 6.45) is -2.81. The Labute approximate surface area is 92.0 Å². The fraction of sp³-hybridized carbons (Fsp3) is 0.364. The van der Waals surface area contributed by atoms with Gasteiger partial charge in [0, 0.05) is 6.42 Å². The lowest BCUT2D eigenvalue weighted by atomic mass is 10.2. The van der Waals surface area contributed by atoms with Crippen LogP contribution >= 0.6 is 0 Å². The Morgan fingerprint density at radius 2 is 1.81 bits per heavy atom. The second-order valence-corrected chi connectivity index (χ2v) is 3.40. The second-order valence-electron chi connectivity index (χ2n) is 3.40. The third-order valence-corrected chi connectivity index (χ3v) is 1.97. The van der Waals surface area contributed by atoms with Crippen LogP contribution in [0.1, 0.15) is 25.3 Å². The molecule has 0 aliphatic carbocycles. The van der Waals surface area contributed by atoms with E-state index in [-0.39, 0.29) is 0 Å². The predicted octanol–water partition coefficient (Wildman–Crippen LogP) is 3.49. The van der Waals surface area contributed by atoms with Gasteiger partial charge < -0.3 is 5.73 Å². The summed E-state index contributed by atoms with van der Waals surface area (Å²) >= 11 is 0. The van der Waals surface area contributed by atoms with Gasteiger partial charge in [0.05, 0.1) is 17.1 Å². The van der Waals surface area contributed by atoms with Crippen LogP contribution in [0.5, 0.6) is 0 Å². The second kappa shape index (κ2) is 5.01. The number of hydrogen-bond donors (Lipinski definition) is 1. The van der Waals surface area contributed by atoms with E-state index in [2.05, 4.69) is 4.99 Å². The molecule has 0 bridgehead atoms. The first-order valence-electron chi connectivity index (χ1n) is 4.93. The Bertz CT molecular complexity index is 366. The van der Waals surface area contributed by atoms with E-state index in [0.29, 0.717) is 17.9 Å². The lowest BCUT2D eigenvalue weighted by molar-refractivity contribution is -0.137. The molecule has 5 heteroatoms. The first-order chi connectivity index (χ1) is 7.43. The normalized spacial score (nSPS) is 12.9. The van der Waals surface area contributed by atoms with Crippen LogP contribution in [0.3, 0.4) is 0 Å². The monoisotopic (exact) mass is 230 g/mol. The third-order valence-electron chi connectivity index (χ3n) is 1.97. The van der Waals surface area contributed by atoms with Gasteiger partial charge in [-0.25, -0.2) is 4.99 Å². The number of halogens is 3. The van der Waals surface area contributed by atoms with Crippen molar-refractivity contribution in [3.8, 4) is 0 Å². The lowest BCUT2D eigenvalue weighted by Gasteiger charge is -2.06. The molecule has 0 heterocycles. The van der Waals surface area contributed by atoms with Gasteiger partial charge in [-0.1, -0.05) is 6.92 Å². The summed E-state index contributed by atoms with van der Waals surface area (Å²) in [6.45, 7) is 1.95. The molecule has 1 aromatic carbocycles. The standard InChI is InChI=1S/C11H13F3N2/c1-2-3-10(15)16-9-6-4-8(5-7-9)11(12,13)14/h4-7H,2-3H2,1H3,(H2,15,16). The highest BCUT2D eigenvalue weighted by atomic mass is 19.4. The van der Waals surface area contributed by atoms with E-state index in [1.165, 1.54) is 12.1 Å². The molecule has 1 aromatic rings. The number of rotatable bonds is 3. The molecule has 0 aromatic heterocycles. The Hall–Kier alpha value is -1.52. The quantitative estimate of drug-likeness (QED) is 0.626. The Morgan fingerprint density at radius 1 is 1.25 bits per heavy atom. The van der Waals surface area contributed by atoms with Gasteiger partial charge in [-0.3, -0.25) is 0 Å².